The number of allylic oxidation sites excluding steroid dienone is 2. The second kappa shape index (κ2) is 9.77. The van der Waals surface area contributed by atoms with E-state index in [2.05, 4.69) is 22.9 Å². The van der Waals surface area contributed by atoms with Crippen molar-refractivity contribution in [1.29, 1.82) is 0 Å². The highest BCUT2D eigenvalue weighted by Crippen LogP contribution is 2.39. The molecule has 0 spiro atoms. The van der Waals surface area contributed by atoms with Crippen LogP contribution in [0.2, 0.25) is 0 Å². The lowest BCUT2D eigenvalue weighted by molar-refractivity contribution is 0.0519. The minimum atomic E-state index is -0.509. The van der Waals surface area contributed by atoms with Gasteiger partial charge in [0, 0.05) is 0 Å². The molecule has 2 atom stereocenters. The fourth-order valence-corrected chi connectivity index (χ4v) is 2.65. The van der Waals surface area contributed by atoms with E-state index in [-0.39, 0.29) is 11.6 Å². The summed E-state index contributed by atoms with van der Waals surface area (Å²) in [7, 11) is 1.66. The average molecular weight is 381 g/mol. The molecule has 3 rings (SSSR count). The van der Waals surface area contributed by atoms with Crippen molar-refractivity contribution in [3.63, 3.8) is 0 Å². The number of oxazole rings is 1. The fourth-order valence-electron chi connectivity index (χ4n) is 2.65. The molecule has 1 saturated carbocycles. The molecule has 0 radical (unpaired) electrons. The van der Waals surface area contributed by atoms with Crippen LogP contribution in [0.25, 0.3) is 0 Å². The first-order valence-electron chi connectivity index (χ1n) is 9.21. The van der Waals surface area contributed by atoms with Crippen LogP contribution in [0, 0.1) is 23.7 Å². The van der Waals surface area contributed by atoms with E-state index < -0.39 is 5.97 Å². The van der Waals surface area contributed by atoms with Crippen molar-refractivity contribution in [3.8, 4) is 17.6 Å². The SMILES string of the molecule is CCOC(=O)c1coc(C#C/C=C/[C@@H]2C[C@@H]2COCc2ccc(OC)cc2)n1. The molecule has 1 aromatic heterocycles. The number of rotatable bonds is 8. The largest absolute Gasteiger partial charge is 0.497 e. The quantitative estimate of drug-likeness (QED) is 0.514. The normalized spacial score (nSPS) is 17.8. The van der Waals surface area contributed by atoms with Crippen LogP contribution >= 0.6 is 0 Å². The summed E-state index contributed by atoms with van der Waals surface area (Å²) in [5.74, 6) is 7.21. The van der Waals surface area contributed by atoms with Crippen molar-refractivity contribution in [1.82, 2.24) is 4.98 Å². The summed E-state index contributed by atoms with van der Waals surface area (Å²) in [6.45, 7) is 3.36. The molecule has 1 aromatic carbocycles. The van der Waals surface area contributed by atoms with Gasteiger partial charge in [0.25, 0.3) is 5.89 Å². The van der Waals surface area contributed by atoms with Gasteiger partial charge in [-0.25, -0.2) is 4.79 Å². The number of methoxy groups -OCH3 is 1. The summed E-state index contributed by atoms with van der Waals surface area (Å²) < 4.78 is 20.9. The third-order valence-corrected chi connectivity index (χ3v) is 4.33. The van der Waals surface area contributed by atoms with Gasteiger partial charge in [-0.1, -0.05) is 24.1 Å². The van der Waals surface area contributed by atoms with Crippen LogP contribution in [-0.2, 0) is 16.1 Å². The number of carbonyl (C=O) groups is 1. The minimum Gasteiger partial charge on any atom is -0.497 e. The first-order chi connectivity index (χ1) is 13.7. The third-order valence-electron chi connectivity index (χ3n) is 4.33. The number of nitrogens with zero attached hydrogens (tertiary/aromatic N) is 1. The van der Waals surface area contributed by atoms with Crippen molar-refractivity contribution >= 4 is 5.97 Å². The predicted molar refractivity (Wildman–Crippen MR) is 103 cm³/mol. The molecule has 1 heterocycles. The summed E-state index contributed by atoms with van der Waals surface area (Å²) in [6, 6.07) is 7.89. The molecule has 0 saturated heterocycles. The van der Waals surface area contributed by atoms with Gasteiger partial charge in [0.05, 0.1) is 26.9 Å². The Morgan fingerprint density at radius 1 is 1.36 bits per heavy atom. The van der Waals surface area contributed by atoms with E-state index in [1.807, 2.05) is 24.3 Å². The van der Waals surface area contributed by atoms with Crippen molar-refractivity contribution < 1.29 is 23.4 Å². The van der Waals surface area contributed by atoms with E-state index in [4.69, 9.17) is 18.6 Å². The van der Waals surface area contributed by atoms with Crippen LogP contribution < -0.4 is 4.74 Å². The third kappa shape index (κ3) is 5.73. The van der Waals surface area contributed by atoms with Crippen molar-refractivity contribution in [2.45, 2.75) is 20.0 Å². The molecule has 0 N–H and O–H groups in total. The molecular weight excluding hydrogens is 358 g/mol. The summed E-state index contributed by atoms with van der Waals surface area (Å²) in [5, 5.41) is 0. The Bertz CT molecular complexity index is 872. The summed E-state index contributed by atoms with van der Waals surface area (Å²) in [6.07, 6.45) is 6.22. The zero-order valence-corrected chi connectivity index (χ0v) is 16.0. The van der Waals surface area contributed by atoms with E-state index in [1.165, 1.54) is 6.26 Å². The second-order valence-electron chi connectivity index (χ2n) is 6.41. The van der Waals surface area contributed by atoms with Crippen LogP contribution in [0.15, 0.2) is 47.1 Å². The highest BCUT2D eigenvalue weighted by Gasteiger charge is 2.34. The van der Waals surface area contributed by atoms with Gasteiger partial charge in [-0.15, -0.1) is 0 Å². The molecule has 2 aromatic rings. The van der Waals surface area contributed by atoms with Gasteiger partial charge in [-0.2, -0.15) is 4.98 Å². The molecule has 1 aliphatic carbocycles. The topological polar surface area (TPSA) is 70.8 Å². The lowest BCUT2D eigenvalue weighted by atomic mass is 10.2. The highest BCUT2D eigenvalue weighted by molar-refractivity contribution is 5.86. The predicted octanol–water partition coefficient (Wildman–Crippen LogP) is 3.62. The monoisotopic (exact) mass is 381 g/mol. The fraction of sp³-hybridized carbons (Fsp3) is 0.364. The number of esters is 1. The Morgan fingerprint density at radius 2 is 2.18 bits per heavy atom. The Morgan fingerprint density at radius 3 is 2.93 bits per heavy atom. The molecule has 0 bridgehead atoms. The number of carbonyl (C=O) groups excluding carboxylic acids is 1. The van der Waals surface area contributed by atoms with E-state index in [0.717, 1.165) is 24.3 Å². The maximum atomic E-state index is 11.5. The lowest BCUT2D eigenvalue weighted by Gasteiger charge is -2.04. The smallest absolute Gasteiger partial charge is 0.360 e. The number of hydrogen-bond acceptors (Lipinski definition) is 6. The van der Waals surface area contributed by atoms with Crippen molar-refractivity contribution in [2.75, 3.05) is 20.3 Å². The maximum absolute atomic E-state index is 11.5. The van der Waals surface area contributed by atoms with Crippen LogP contribution in [0.3, 0.4) is 0 Å². The zero-order valence-electron chi connectivity index (χ0n) is 16.0. The Balaban J connectivity index is 1.37. The van der Waals surface area contributed by atoms with Crippen LogP contribution in [-0.4, -0.2) is 31.3 Å². The summed E-state index contributed by atoms with van der Waals surface area (Å²) in [4.78, 5) is 15.5. The first kappa shape index (κ1) is 19.7. The van der Waals surface area contributed by atoms with Crippen molar-refractivity contribution in [2.24, 2.45) is 11.8 Å². The van der Waals surface area contributed by atoms with Gasteiger partial charge in [-0.3, -0.25) is 0 Å². The number of hydrogen-bond donors (Lipinski definition) is 0. The molecule has 146 valence electrons. The van der Waals surface area contributed by atoms with E-state index in [1.54, 1.807) is 20.1 Å². The van der Waals surface area contributed by atoms with E-state index >= 15 is 0 Å². The molecule has 0 unspecified atom stereocenters. The van der Waals surface area contributed by atoms with E-state index in [9.17, 15) is 4.79 Å². The zero-order chi connectivity index (χ0) is 19.8. The lowest BCUT2D eigenvalue weighted by Crippen LogP contribution is -2.04. The molecule has 6 nitrogen and oxygen atoms in total. The van der Waals surface area contributed by atoms with Crippen molar-refractivity contribution in [3.05, 3.63) is 59.8 Å². The molecule has 1 aliphatic rings. The van der Waals surface area contributed by atoms with Crippen LogP contribution in [0.1, 0.15) is 35.3 Å². The van der Waals surface area contributed by atoms with Gasteiger partial charge in [0.1, 0.15) is 12.0 Å². The molecule has 0 amide bonds. The maximum Gasteiger partial charge on any atom is 0.360 e. The standard InChI is InChI=1S/C22H23NO5/c1-3-27-22(24)20-15-28-21(23-20)7-5-4-6-17-12-18(17)14-26-13-16-8-10-19(25-2)11-9-16/h4,6,8-11,15,17-18H,3,12-14H2,1-2H3/b6-4+/t17-,18-/m1/s1. The number of aromatic nitrogens is 1. The van der Waals surface area contributed by atoms with E-state index in [0.29, 0.717) is 25.0 Å². The Labute approximate surface area is 164 Å². The van der Waals surface area contributed by atoms with Gasteiger partial charge >= 0.3 is 5.97 Å². The highest BCUT2D eigenvalue weighted by atomic mass is 16.5. The summed E-state index contributed by atoms with van der Waals surface area (Å²) >= 11 is 0. The average Bonchev–Trinajstić information content (AvgIpc) is 3.28. The van der Waals surface area contributed by atoms with Gasteiger partial charge in [-0.05, 0) is 54.9 Å². The van der Waals surface area contributed by atoms with Crippen LogP contribution in [0.5, 0.6) is 5.75 Å². The first-order valence-corrected chi connectivity index (χ1v) is 9.21. The Kier molecular flexibility index (Phi) is 6.88. The van der Waals surface area contributed by atoms with Gasteiger partial charge in [0.15, 0.2) is 5.69 Å². The minimum absolute atomic E-state index is 0.131. The van der Waals surface area contributed by atoms with Gasteiger partial charge < -0.3 is 18.6 Å². The van der Waals surface area contributed by atoms with Gasteiger partial charge in [0.2, 0.25) is 0 Å². The molecule has 28 heavy (non-hydrogen) atoms. The Hall–Kier alpha value is -3.04. The summed E-state index contributed by atoms with van der Waals surface area (Å²) in [5.41, 5.74) is 1.26. The van der Waals surface area contributed by atoms with Crippen LogP contribution in [0.4, 0.5) is 0 Å². The second-order valence-corrected chi connectivity index (χ2v) is 6.41. The number of ether oxygens (including phenoxy) is 3. The molecule has 0 aliphatic heterocycles. The number of benzene rings is 1. The molecule has 6 heteroatoms. The molecule has 1 fully saturated rings. The molecular formula is C22H23NO5.